The largest absolute Gasteiger partial charge is 0.495 e. The van der Waals surface area contributed by atoms with E-state index < -0.39 is 60.1 Å². The lowest BCUT2D eigenvalue weighted by atomic mass is 10.2. The zero-order valence-electron chi connectivity index (χ0n) is 28.9. The maximum absolute atomic E-state index is 15.4. The fourth-order valence-electron chi connectivity index (χ4n) is 5.84. The Balaban J connectivity index is 1.47. The highest BCUT2D eigenvalue weighted by Gasteiger charge is 2.35. The number of benzene rings is 6. The van der Waals surface area contributed by atoms with Crippen LogP contribution in [0.2, 0.25) is 0 Å². The first-order chi connectivity index (χ1) is 25.9. The van der Waals surface area contributed by atoms with E-state index in [1.54, 1.807) is 12.1 Å². The Morgan fingerprint density at radius 2 is 1.02 bits per heavy atom. The Hall–Kier alpha value is -4.69. The number of rotatable bonds is 12. The minimum Gasteiger partial charge on any atom is -0.495 e. The van der Waals surface area contributed by atoms with Crippen LogP contribution in [0.1, 0.15) is 5.56 Å². The lowest BCUT2D eigenvalue weighted by Gasteiger charge is -2.22. The normalized spacial score (nSPS) is 13.8. The van der Waals surface area contributed by atoms with Crippen LogP contribution in [0.5, 0.6) is 17.2 Å². The van der Waals surface area contributed by atoms with Crippen molar-refractivity contribution in [1.29, 1.82) is 0 Å². The highest BCUT2D eigenvalue weighted by molar-refractivity contribution is 7.87. The van der Waals surface area contributed by atoms with E-state index >= 15 is 4.57 Å². The van der Waals surface area contributed by atoms with Gasteiger partial charge in [-0.3, -0.25) is 13.7 Å². The molecule has 0 saturated heterocycles. The first kappa shape index (κ1) is 40.0. The second kappa shape index (κ2) is 15.4. The van der Waals surface area contributed by atoms with Crippen LogP contribution < -0.4 is 41.3 Å². The van der Waals surface area contributed by atoms with Crippen LogP contribution in [0.3, 0.4) is 0 Å². The molecular formula is C38H32O12P2S3. The van der Waals surface area contributed by atoms with E-state index in [-0.39, 0.29) is 33.2 Å². The Kier molecular flexibility index (Phi) is 11.2. The van der Waals surface area contributed by atoms with Crippen molar-refractivity contribution in [2.45, 2.75) is 21.6 Å². The first-order valence-corrected chi connectivity index (χ1v) is 23.4. The summed E-state index contributed by atoms with van der Waals surface area (Å²) in [4.78, 5) is -2.25. The molecule has 6 rings (SSSR count). The van der Waals surface area contributed by atoms with Crippen LogP contribution in [0.15, 0.2) is 154 Å². The number of hydrogen-bond donors (Lipinski definition) is 3. The van der Waals surface area contributed by atoms with Crippen molar-refractivity contribution in [1.82, 2.24) is 0 Å². The van der Waals surface area contributed by atoms with Gasteiger partial charge in [-0.05, 0) is 91.4 Å². The molecule has 3 N–H and O–H groups in total. The lowest BCUT2D eigenvalue weighted by molar-refractivity contribution is 0.397. The van der Waals surface area contributed by atoms with Crippen molar-refractivity contribution >= 4 is 77.2 Å². The average molecular weight is 839 g/mol. The van der Waals surface area contributed by atoms with Gasteiger partial charge >= 0.3 is 0 Å². The van der Waals surface area contributed by atoms with Crippen molar-refractivity contribution in [3.8, 4) is 17.2 Å². The van der Waals surface area contributed by atoms with E-state index in [1.165, 1.54) is 24.3 Å². The zero-order valence-corrected chi connectivity index (χ0v) is 33.2. The zero-order chi connectivity index (χ0) is 39.8. The summed E-state index contributed by atoms with van der Waals surface area (Å²) in [6.45, 7) is 2.01. The Labute approximate surface area is 319 Å². The van der Waals surface area contributed by atoms with Gasteiger partial charge < -0.3 is 14.0 Å². The Bertz CT molecular complexity index is 2780. The van der Waals surface area contributed by atoms with Gasteiger partial charge in [0.05, 0.1) is 12.0 Å². The quantitative estimate of drug-likeness (QED) is 0.111. The van der Waals surface area contributed by atoms with Gasteiger partial charge in [0, 0.05) is 15.9 Å². The van der Waals surface area contributed by atoms with E-state index in [2.05, 4.69) is 12.1 Å². The maximum atomic E-state index is 15.4. The van der Waals surface area contributed by atoms with Gasteiger partial charge in [-0.1, -0.05) is 84.4 Å². The second-order valence-electron chi connectivity index (χ2n) is 12.1. The summed E-state index contributed by atoms with van der Waals surface area (Å²) in [5, 5.41) is 2.29. The van der Waals surface area contributed by atoms with Gasteiger partial charge in [0.2, 0.25) is 0 Å². The van der Waals surface area contributed by atoms with Crippen LogP contribution in [0.25, 0.3) is 0 Å². The summed E-state index contributed by atoms with van der Waals surface area (Å²) < 4.78 is 131. The summed E-state index contributed by atoms with van der Waals surface area (Å²) in [6.07, 6.45) is 0. The predicted molar refractivity (Wildman–Crippen MR) is 212 cm³/mol. The monoisotopic (exact) mass is 838 g/mol. The van der Waals surface area contributed by atoms with Crippen LogP contribution in [0.4, 0.5) is 0 Å². The molecule has 0 amide bonds. The molecule has 2 atom stereocenters. The molecule has 0 aromatic heterocycles. The van der Waals surface area contributed by atoms with Crippen molar-refractivity contribution in [3.05, 3.63) is 145 Å². The minimum atomic E-state index is -5.11. The molecule has 0 radical (unpaired) electrons. The van der Waals surface area contributed by atoms with Crippen LogP contribution in [-0.4, -0.2) is 46.0 Å². The molecule has 6 aromatic rings. The topological polar surface area (TPSA) is 199 Å². The predicted octanol–water partition coefficient (Wildman–Crippen LogP) is 4.93. The van der Waals surface area contributed by atoms with E-state index in [1.807, 2.05) is 61.5 Å². The molecule has 55 heavy (non-hydrogen) atoms. The smallest absolute Gasteiger partial charge is 0.298 e. The summed E-state index contributed by atoms with van der Waals surface area (Å²) in [6, 6.07) is 35.8. The van der Waals surface area contributed by atoms with Crippen LogP contribution >= 0.6 is 15.1 Å². The third-order valence-electron chi connectivity index (χ3n) is 8.47. The summed E-state index contributed by atoms with van der Waals surface area (Å²) in [7, 11) is -19.3. The third-order valence-corrected chi connectivity index (χ3v) is 16.5. The summed E-state index contributed by atoms with van der Waals surface area (Å²) in [5.41, 5.74) is 1.12. The lowest BCUT2D eigenvalue weighted by Crippen LogP contribution is -2.27. The van der Waals surface area contributed by atoms with E-state index in [0.29, 0.717) is 0 Å². The van der Waals surface area contributed by atoms with Crippen molar-refractivity contribution < 1.29 is 53.0 Å². The standard InChI is InChI=1S/C38H32O12P2S3/c1-26-11-15-29(16-12-26)51(28-7-4-3-5-8-28)30-17-13-27(14-18-30)50-36-22-20-33(25-38(36)55(46,47)48)52(39,31-9-6-10-34(23-31)53(40,41)42)32-19-21-35(49-2)37(24-32)54(43,44)45/h3-25H,1-2H3,(H,40,41,42)(H,43,44,45)(H,46,47,48). The van der Waals surface area contributed by atoms with Gasteiger partial charge in [-0.15, -0.1) is 0 Å². The highest BCUT2D eigenvalue weighted by Crippen LogP contribution is 2.46. The molecule has 0 aliphatic rings. The molecule has 0 saturated carbocycles. The number of methoxy groups -OCH3 is 1. The van der Waals surface area contributed by atoms with Gasteiger partial charge in [0.25, 0.3) is 30.4 Å². The Morgan fingerprint density at radius 1 is 0.527 bits per heavy atom. The fraction of sp³-hybridized carbons (Fsp3) is 0.0526. The van der Waals surface area contributed by atoms with E-state index in [9.17, 15) is 38.9 Å². The highest BCUT2D eigenvalue weighted by atomic mass is 32.2. The first-order valence-electron chi connectivity index (χ1n) is 16.1. The molecule has 0 heterocycles. The minimum absolute atomic E-state index is 0.199. The SMILES string of the molecule is COc1ccc(P(=O)(c2cccc(S(=O)(=O)O)c2)c2ccc(Oc3ccc(P(c4ccccc4)c4ccc(C)cc4)cc3)c(S(=O)(=O)O)c2)cc1S(=O)(=O)O. The molecule has 12 nitrogen and oxygen atoms in total. The number of ether oxygens (including phenoxy) is 2. The number of hydrogen-bond acceptors (Lipinski definition) is 9. The van der Waals surface area contributed by atoms with Gasteiger partial charge in [-0.2, -0.15) is 25.3 Å². The summed E-state index contributed by atoms with van der Waals surface area (Å²) >= 11 is 0. The fourth-order valence-corrected chi connectivity index (χ4v) is 12.9. The summed E-state index contributed by atoms with van der Waals surface area (Å²) in [5.74, 6) is -0.465. The second-order valence-corrected chi connectivity index (χ2v) is 21.3. The molecule has 284 valence electrons. The average Bonchev–Trinajstić information content (AvgIpc) is 3.15. The number of aryl methyl sites for hydroxylation is 1. The van der Waals surface area contributed by atoms with Gasteiger partial charge in [-0.25, -0.2) is 0 Å². The molecule has 0 bridgehead atoms. The van der Waals surface area contributed by atoms with Crippen molar-refractivity contribution in [3.63, 3.8) is 0 Å². The molecule has 6 aromatic carbocycles. The molecular weight excluding hydrogens is 807 g/mol. The van der Waals surface area contributed by atoms with E-state index in [0.717, 1.165) is 65.0 Å². The van der Waals surface area contributed by atoms with Crippen LogP contribution in [-0.2, 0) is 34.9 Å². The van der Waals surface area contributed by atoms with Gasteiger partial charge in [0.15, 0.2) is 7.14 Å². The molecule has 2 unspecified atom stereocenters. The molecule has 0 aliphatic heterocycles. The third kappa shape index (κ3) is 8.60. The molecule has 17 heteroatoms. The van der Waals surface area contributed by atoms with E-state index in [4.69, 9.17) is 9.47 Å². The molecule has 0 aliphatic carbocycles. The van der Waals surface area contributed by atoms with Crippen molar-refractivity contribution in [2.75, 3.05) is 7.11 Å². The van der Waals surface area contributed by atoms with Crippen molar-refractivity contribution in [2.24, 2.45) is 0 Å². The maximum Gasteiger partial charge on any atom is 0.298 e. The molecule has 0 fully saturated rings. The Morgan fingerprint density at radius 3 is 1.55 bits per heavy atom. The van der Waals surface area contributed by atoms with Crippen LogP contribution in [0, 0.1) is 6.92 Å². The van der Waals surface area contributed by atoms with Gasteiger partial charge in [0.1, 0.15) is 27.0 Å². The molecule has 0 spiro atoms.